The third-order valence-corrected chi connectivity index (χ3v) is 4.10. The maximum absolute atomic E-state index is 13.9. The first-order valence-electron chi connectivity index (χ1n) is 6.38. The highest BCUT2D eigenvalue weighted by molar-refractivity contribution is 8.00. The molecule has 1 aromatic carbocycles. The number of hydrogen-bond donors (Lipinski definition) is 2. The van der Waals surface area contributed by atoms with Crippen molar-refractivity contribution < 1.29 is 9.50 Å². The summed E-state index contributed by atoms with van der Waals surface area (Å²) < 4.78 is 13.9. The van der Waals surface area contributed by atoms with E-state index in [9.17, 15) is 9.50 Å². The molecule has 0 radical (unpaired) electrons. The summed E-state index contributed by atoms with van der Waals surface area (Å²) in [7, 11) is 0. The summed E-state index contributed by atoms with van der Waals surface area (Å²) >= 11 is 1.37. The molecule has 102 valence electrons. The van der Waals surface area contributed by atoms with Gasteiger partial charge in [0, 0.05) is 16.7 Å². The summed E-state index contributed by atoms with van der Waals surface area (Å²) in [5.41, 5.74) is 0.954. The van der Waals surface area contributed by atoms with E-state index < -0.39 is 6.10 Å². The van der Waals surface area contributed by atoms with Gasteiger partial charge in [-0.2, -0.15) is 0 Å². The number of nitrogens with one attached hydrogen (secondary N) is 1. The van der Waals surface area contributed by atoms with Gasteiger partial charge in [0.25, 0.3) is 0 Å². The van der Waals surface area contributed by atoms with Gasteiger partial charge in [-0.1, -0.05) is 19.9 Å². The SMILES string of the molecule is CCCNCc1ccc(SC(C)C(C)O)c(F)c1. The molecule has 4 heteroatoms. The molecule has 0 aliphatic heterocycles. The maximum Gasteiger partial charge on any atom is 0.137 e. The van der Waals surface area contributed by atoms with Crippen LogP contribution in [0.2, 0.25) is 0 Å². The van der Waals surface area contributed by atoms with Crippen molar-refractivity contribution in [2.75, 3.05) is 6.54 Å². The Kier molecular flexibility index (Phi) is 6.68. The monoisotopic (exact) mass is 271 g/mol. The number of aliphatic hydroxyl groups is 1. The molecule has 2 unspecified atom stereocenters. The number of aliphatic hydroxyl groups excluding tert-OH is 1. The minimum absolute atomic E-state index is 0.0106. The van der Waals surface area contributed by atoms with Crippen LogP contribution in [0.1, 0.15) is 32.8 Å². The minimum Gasteiger partial charge on any atom is -0.392 e. The van der Waals surface area contributed by atoms with Crippen LogP contribution in [0.5, 0.6) is 0 Å². The Bertz CT molecular complexity index is 371. The highest BCUT2D eigenvalue weighted by Gasteiger charge is 2.13. The van der Waals surface area contributed by atoms with Crippen LogP contribution in [0, 0.1) is 5.82 Å². The van der Waals surface area contributed by atoms with Gasteiger partial charge in [0.2, 0.25) is 0 Å². The fourth-order valence-corrected chi connectivity index (χ4v) is 2.37. The van der Waals surface area contributed by atoms with Gasteiger partial charge in [0.1, 0.15) is 5.82 Å². The number of rotatable bonds is 7. The van der Waals surface area contributed by atoms with Crippen molar-refractivity contribution in [3.05, 3.63) is 29.6 Å². The zero-order valence-corrected chi connectivity index (χ0v) is 12.1. The third kappa shape index (κ3) is 4.96. The molecule has 1 rings (SSSR count). The van der Waals surface area contributed by atoms with E-state index in [0.29, 0.717) is 11.4 Å². The fourth-order valence-electron chi connectivity index (χ4n) is 1.46. The van der Waals surface area contributed by atoms with Crippen molar-refractivity contribution in [1.82, 2.24) is 5.32 Å². The predicted molar refractivity (Wildman–Crippen MR) is 75.4 cm³/mol. The normalized spacial score (nSPS) is 14.5. The van der Waals surface area contributed by atoms with Gasteiger partial charge in [-0.15, -0.1) is 11.8 Å². The maximum atomic E-state index is 13.9. The topological polar surface area (TPSA) is 32.3 Å². The molecular formula is C14H22FNOS. The molecule has 0 saturated heterocycles. The second-order valence-electron chi connectivity index (χ2n) is 4.51. The van der Waals surface area contributed by atoms with Gasteiger partial charge < -0.3 is 10.4 Å². The first-order valence-corrected chi connectivity index (χ1v) is 7.26. The van der Waals surface area contributed by atoms with Crippen LogP contribution in [-0.4, -0.2) is 23.0 Å². The highest BCUT2D eigenvalue weighted by Crippen LogP contribution is 2.28. The summed E-state index contributed by atoms with van der Waals surface area (Å²) in [5, 5.41) is 12.7. The molecule has 0 spiro atoms. The van der Waals surface area contributed by atoms with Crippen LogP contribution in [0.4, 0.5) is 4.39 Å². The molecule has 1 aromatic rings. The standard InChI is InChI=1S/C14H22FNOS/c1-4-7-16-9-12-5-6-14(13(15)8-12)18-11(3)10(2)17/h5-6,8,10-11,16-17H,4,7,9H2,1-3H3. The van der Waals surface area contributed by atoms with E-state index >= 15 is 0 Å². The van der Waals surface area contributed by atoms with E-state index in [1.54, 1.807) is 19.1 Å². The molecule has 0 fully saturated rings. The molecule has 2 N–H and O–H groups in total. The first kappa shape index (κ1) is 15.5. The fraction of sp³-hybridized carbons (Fsp3) is 0.571. The average Bonchev–Trinajstić information content (AvgIpc) is 2.32. The summed E-state index contributed by atoms with van der Waals surface area (Å²) in [5.74, 6) is -0.205. The van der Waals surface area contributed by atoms with E-state index in [4.69, 9.17) is 0 Å². The predicted octanol–water partition coefficient (Wildman–Crippen LogP) is 3.19. The van der Waals surface area contributed by atoms with Crippen molar-refractivity contribution in [3.8, 4) is 0 Å². The summed E-state index contributed by atoms with van der Waals surface area (Å²) in [4.78, 5) is 0.600. The van der Waals surface area contributed by atoms with Crippen LogP contribution in [0.25, 0.3) is 0 Å². The number of thioether (sulfide) groups is 1. The molecule has 0 aliphatic carbocycles. The Balaban J connectivity index is 2.62. The number of hydrogen-bond acceptors (Lipinski definition) is 3. The van der Waals surface area contributed by atoms with Gasteiger partial charge in [-0.3, -0.25) is 0 Å². The van der Waals surface area contributed by atoms with Crippen LogP contribution in [0.3, 0.4) is 0 Å². The van der Waals surface area contributed by atoms with Crippen LogP contribution in [-0.2, 0) is 6.54 Å². The Morgan fingerprint density at radius 2 is 2.11 bits per heavy atom. The summed E-state index contributed by atoms with van der Waals surface area (Å²) in [6.45, 7) is 7.35. The molecule has 0 aliphatic rings. The number of halogens is 1. The third-order valence-electron chi connectivity index (χ3n) is 2.74. The molecule has 0 heterocycles. The minimum atomic E-state index is -0.444. The second kappa shape index (κ2) is 7.77. The lowest BCUT2D eigenvalue weighted by molar-refractivity contribution is 0.196. The molecule has 0 amide bonds. The van der Waals surface area contributed by atoms with Crippen molar-refractivity contribution in [3.63, 3.8) is 0 Å². The molecule has 0 aromatic heterocycles. The zero-order valence-electron chi connectivity index (χ0n) is 11.2. The molecule has 0 bridgehead atoms. The lowest BCUT2D eigenvalue weighted by Crippen LogP contribution is -2.15. The Hall–Kier alpha value is -0.580. The van der Waals surface area contributed by atoms with Crippen LogP contribution >= 0.6 is 11.8 Å². The Morgan fingerprint density at radius 1 is 1.39 bits per heavy atom. The van der Waals surface area contributed by atoms with Crippen LogP contribution < -0.4 is 5.32 Å². The summed E-state index contributed by atoms with van der Waals surface area (Å²) in [6.07, 6.45) is 0.628. The largest absolute Gasteiger partial charge is 0.392 e. The second-order valence-corrected chi connectivity index (χ2v) is 5.92. The Labute approximate surface area is 113 Å². The van der Waals surface area contributed by atoms with Gasteiger partial charge in [0.05, 0.1) is 6.10 Å². The van der Waals surface area contributed by atoms with Crippen LogP contribution in [0.15, 0.2) is 23.1 Å². The highest BCUT2D eigenvalue weighted by atomic mass is 32.2. The van der Waals surface area contributed by atoms with Crippen molar-refractivity contribution in [2.45, 2.75) is 50.0 Å². The van der Waals surface area contributed by atoms with Crippen molar-refractivity contribution in [1.29, 1.82) is 0 Å². The van der Waals surface area contributed by atoms with E-state index in [0.717, 1.165) is 18.5 Å². The van der Waals surface area contributed by atoms with Gasteiger partial charge in [-0.25, -0.2) is 4.39 Å². The van der Waals surface area contributed by atoms with Gasteiger partial charge in [-0.05, 0) is 37.6 Å². The molecule has 2 nitrogen and oxygen atoms in total. The zero-order chi connectivity index (χ0) is 13.5. The smallest absolute Gasteiger partial charge is 0.137 e. The van der Waals surface area contributed by atoms with Gasteiger partial charge in [0.15, 0.2) is 0 Å². The van der Waals surface area contributed by atoms with E-state index in [2.05, 4.69) is 12.2 Å². The molecule has 18 heavy (non-hydrogen) atoms. The van der Waals surface area contributed by atoms with Crippen molar-refractivity contribution >= 4 is 11.8 Å². The van der Waals surface area contributed by atoms with E-state index in [-0.39, 0.29) is 11.1 Å². The van der Waals surface area contributed by atoms with E-state index in [1.165, 1.54) is 11.8 Å². The number of benzene rings is 1. The Morgan fingerprint density at radius 3 is 2.67 bits per heavy atom. The van der Waals surface area contributed by atoms with Crippen molar-refractivity contribution in [2.24, 2.45) is 0 Å². The lowest BCUT2D eigenvalue weighted by Gasteiger charge is -2.15. The van der Waals surface area contributed by atoms with Gasteiger partial charge >= 0.3 is 0 Å². The summed E-state index contributed by atoms with van der Waals surface area (Å²) in [6, 6.07) is 5.30. The first-order chi connectivity index (χ1) is 8.54. The lowest BCUT2D eigenvalue weighted by atomic mass is 10.2. The molecule has 0 saturated carbocycles. The quantitative estimate of drug-likeness (QED) is 0.590. The molecular weight excluding hydrogens is 249 g/mol. The van der Waals surface area contributed by atoms with E-state index in [1.807, 2.05) is 13.0 Å². The average molecular weight is 271 g/mol. The molecule has 2 atom stereocenters.